The Kier molecular flexibility index (Phi) is 3.38. The lowest BCUT2D eigenvalue weighted by Gasteiger charge is -2.10. The standard InChI is InChI=1S/C14H13F2N/c1-10-5-2-3-8-13(10)17-9-11-6-4-7-12(15)14(11)16/h2-8,17H,9H2,1H3. The second-order valence-electron chi connectivity index (χ2n) is 3.88. The largest absolute Gasteiger partial charge is 0.381 e. The molecule has 0 radical (unpaired) electrons. The summed E-state index contributed by atoms with van der Waals surface area (Å²) >= 11 is 0. The first-order valence-electron chi connectivity index (χ1n) is 5.41. The van der Waals surface area contributed by atoms with E-state index in [1.54, 1.807) is 6.07 Å². The molecular formula is C14H13F2N. The molecule has 0 heterocycles. The van der Waals surface area contributed by atoms with Crippen molar-refractivity contribution >= 4 is 5.69 Å². The number of anilines is 1. The maximum Gasteiger partial charge on any atom is 0.163 e. The van der Waals surface area contributed by atoms with Crippen LogP contribution < -0.4 is 5.32 Å². The van der Waals surface area contributed by atoms with E-state index in [4.69, 9.17) is 0 Å². The summed E-state index contributed by atoms with van der Waals surface area (Å²) in [6.45, 7) is 2.23. The molecule has 0 aromatic heterocycles. The molecule has 1 N–H and O–H groups in total. The molecule has 2 aromatic carbocycles. The van der Waals surface area contributed by atoms with E-state index in [-0.39, 0.29) is 6.54 Å². The van der Waals surface area contributed by atoms with Gasteiger partial charge < -0.3 is 5.32 Å². The Labute approximate surface area is 99.1 Å². The van der Waals surface area contributed by atoms with E-state index in [1.165, 1.54) is 6.07 Å². The molecule has 0 bridgehead atoms. The Bertz CT molecular complexity index is 523. The maximum atomic E-state index is 13.4. The van der Waals surface area contributed by atoms with Gasteiger partial charge in [0.2, 0.25) is 0 Å². The number of halogens is 2. The molecule has 0 spiro atoms. The molecule has 88 valence electrons. The predicted octanol–water partition coefficient (Wildman–Crippen LogP) is 3.89. The van der Waals surface area contributed by atoms with Crippen molar-refractivity contribution in [2.45, 2.75) is 13.5 Å². The minimum Gasteiger partial charge on any atom is -0.381 e. The Hall–Kier alpha value is -1.90. The number of benzene rings is 2. The molecule has 0 amide bonds. The van der Waals surface area contributed by atoms with E-state index in [1.807, 2.05) is 31.2 Å². The molecule has 0 aliphatic rings. The van der Waals surface area contributed by atoms with Crippen molar-refractivity contribution < 1.29 is 8.78 Å². The molecule has 17 heavy (non-hydrogen) atoms. The minimum absolute atomic E-state index is 0.272. The monoisotopic (exact) mass is 233 g/mol. The van der Waals surface area contributed by atoms with Gasteiger partial charge in [0, 0.05) is 17.8 Å². The number of para-hydroxylation sites is 1. The number of hydrogen-bond acceptors (Lipinski definition) is 1. The van der Waals surface area contributed by atoms with Crippen LogP contribution in [0.15, 0.2) is 42.5 Å². The smallest absolute Gasteiger partial charge is 0.163 e. The minimum atomic E-state index is -0.811. The average molecular weight is 233 g/mol. The van der Waals surface area contributed by atoms with Gasteiger partial charge in [-0.1, -0.05) is 30.3 Å². The summed E-state index contributed by atoms with van der Waals surface area (Å²) in [6, 6.07) is 11.9. The highest BCUT2D eigenvalue weighted by atomic mass is 19.2. The van der Waals surface area contributed by atoms with Crippen LogP contribution in [0.5, 0.6) is 0 Å². The van der Waals surface area contributed by atoms with Crippen molar-refractivity contribution in [3.8, 4) is 0 Å². The molecule has 1 nitrogen and oxygen atoms in total. The van der Waals surface area contributed by atoms with Crippen molar-refractivity contribution in [2.24, 2.45) is 0 Å². The highest BCUT2D eigenvalue weighted by molar-refractivity contribution is 5.50. The van der Waals surface area contributed by atoms with Crippen LogP contribution in [0, 0.1) is 18.6 Å². The summed E-state index contributed by atoms with van der Waals surface area (Å²) in [6.07, 6.45) is 0. The number of hydrogen-bond donors (Lipinski definition) is 1. The van der Waals surface area contributed by atoms with Gasteiger partial charge in [0.05, 0.1) is 0 Å². The topological polar surface area (TPSA) is 12.0 Å². The molecule has 0 saturated carbocycles. The van der Waals surface area contributed by atoms with Crippen LogP contribution in [0.2, 0.25) is 0 Å². The maximum absolute atomic E-state index is 13.4. The van der Waals surface area contributed by atoms with Crippen LogP contribution in [0.3, 0.4) is 0 Å². The van der Waals surface area contributed by atoms with E-state index >= 15 is 0 Å². The molecule has 2 aromatic rings. The highest BCUT2D eigenvalue weighted by Crippen LogP contribution is 2.16. The van der Waals surface area contributed by atoms with Gasteiger partial charge in [0.25, 0.3) is 0 Å². The van der Waals surface area contributed by atoms with Gasteiger partial charge in [0.1, 0.15) is 0 Å². The molecular weight excluding hydrogens is 220 g/mol. The van der Waals surface area contributed by atoms with Crippen molar-refractivity contribution in [2.75, 3.05) is 5.32 Å². The molecule has 0 fully saturated rings. The van der Waals surface area contributed by atoms with Gasteiger partial charge in [-0.25, -0.2) is 8.78 Å². The Balaban J connectivity index is 2.13. The Morgan fingerprint density at radius 1 is 1.00 bits per heavy atom. The molecule has 0 atom stereocenters. The fourth-order valence-corrected chi connectivity index (χ4v) is 1.65. The van der Waals surface area contributed by atoms with E-state index in [0.29, 0.717) is 5.56 Å². The summed E-state index contributed by atoms with van der Waals surface area (Å²) in [7, 11) is 0. The van der Waals surface area contributed by atoms with Crippen molar-refractivity contribution in [3.05, 3.63) is 65.2 Å². The Morgan fingerprint density at radius 2 is 1.76 bits per heavy atom. The van der Waals surface area contributed by atoms with Gasteiger partial charge in [-0.05, 0) is 24.6 Å². The summed E-state index contributed by atoms with van der Waals surface area (Å²) in [5, 5.41) is 3.09. The zero-order chi connectivity index (χ0) is 12.3. The van der Waals surface area contributed by atoms with Gasteiger partial charge in [-0.3, -0.25) is 0 Å². The molecule has 0 aliphatic heterocycles. The third-order valence-corrected chi connectivity index (χ3v) is 2.65. The molecule has 2 rings (SSSR count). The van der Waals surface area contributed by atoms with Crippen molar-refractivity contribution in [1.29, 1.82) is 0 Å². The first-order chi connectivity index (χ1) is 8.18. The number of nitrogens with one attached hydrogen (secondary N) is 1. The van der Waals surface area contributed by atoms with Gasteiger partial charge in [0.15, 0.2) is 11.6 Å². The van der Waals surface area contributed by atoms with Gasteiger partial charge in [-0.15, -0.1) is 0 Å². The van der Waals surface area contributed by atoms with E-state index in [2.05, 4.69) is 5.32 Å². The van der Waals surface area contributed by atoms with Gasteiger partial charge >= 0.3 is 0 Å². The third kappa shape index (κ3) is 2.61. The normalized spacial score (nSPS) is 10.3. The van der Waals surface area contributed by atoms with Crippen LogP contribution in [0.1, 0.15) is 11.1 Å². The van der Waals surface area contributed by atoms with Crippen LogP contribution in [0.4, 0.5) is 14.5 Å². The van der Waals surface area contributed by atoms with Crippen LogP contribution in [0.25, 0.3) is 0 Å². The SMILES string of the molecule is Cc1ccccc1NCc1cccc(F)c1F. The van der Waals surface area contributed by atoms with Crippen LogP contribution >= 0.6 is 0 Å². The van der Waals surface area contributed by atoms with Gasteiger partial charge in [-0.2, -0.15) is 0 Å². The second kappa shape index (κ2) is 4.95. The lowest BCUT2D eigenvalue weighted by molar-refractivity contribution is 0.500. The fraction of sp³-hybridized carbons (Fsp3) is 0.143. The van der Waals surface area contributed by atoms with E-state index in [9.17, 15) is 8.78 Å². The highest BCUT2D eigenvalue weighted by Gasteiger charge is 2.07. The van der Waals surface area contributed by atoms with Crippen molar-refractivity contribution in [3.63, 3.8) is 0 Å². The van der Waals surface area contributed by atoms with Crippen molar-refractivity contribution in [1.82, 2.24) is 0 Å². The lowest BCUT2D eigenvalue weighted by atomic mass is 10.1. The van der Waals surface area contributed by atoms with E-state index < -0.39 is 11.6 Å². The predicted molar refractivity (Wildman–Crippen MR) is 64.9 cm³/mol. The molecule has 0 saturated heterocycles. The van der Waals surface area contributed by atoms with Crippen LogP contribution in [-0.2, 0) is 6.54 Å². The average Bonchev–Trinajstić information content (AvgIpc) is 2.33. The molecule has 0 aliphatic carbocycles. The zero-order valence-electron chi connectivity index (χ0n) is 9.50. The van der Waals surface area contributed by atoms with E-state index in [0.717, 1.165) is 17.3 Å². The molecule has 3 heteroatoms. The summed E-state index contributed by atoms with van der Waals surface area (Å²) in [5.74, 6) is -1.59. The second-order valence-corrected chi connectivity index (χ2v) is 3.88. The summed E-state index contributed by atoms with van der Waals surface area (Å²) < 4.78 is 26.4. The third-order valence-electron chi connectivity index (χ3n) is 2.65. The molecule has 0 unspecified atom stereocenters. The lowest BCUT2D eigenvalue weighted by Crippen LogP contribution is -2.04. The fourth-order valence-electron chi connectivity index (χ4n) is 1.65. The zero-order valence-corrected chi connectivity index (χ0v) is 9.50. The van der Waals surface area contributed by atoms with Crippen LogP contribution in [-0.4, -0.2) is 0 Å². The first kappa shape index (κ1) is 11.6. The quantitative estimate of drug-likeness (QED) is 0.848. The number of rotatable bonds is 3. The Morgan fingerprint density at radius 3 is 2.53 bits per heavy atom. The number of aryl methyl sites for hydroxylation is 1. The first-order valence-corrected chi connectivity index (χ1v) is 5.41. The summed E-state index contributed by atoms with van der Waals surface area (Å²) in [4.78, 5) is 0. The summed E-state index contributed by atoms with van der Waals surface area (Å²) in [5.41, 5.74) is 2.33.